The van der Waals surface area contributed by atoms with Gasteiger partial charge in [-0.15, -0.1) is 0 Å². The Morgan fingerprint density at radius 2 is 2.33 bits per heavy atom. The van der Waals surface area contributed by atoms with Crippen LogP contribution in [0.15, 0.2) is 13.6 Å². The van der Waals surface area contributed by atoms with Crippen molar-refractivity contribution in [2.75, 3.05) is 0 Å². The van der Waals surface area contributed by atoms with E-state index in [9.17, 15) is 9.59 Å². The summed E-state index contributed by atoms with van der Waals surface area (Å²) >= 11 is 0. The van der Waals surface area contributed by atoms with Crippen LogP contribution in [0.3, 0.4) is 0 Å². The van der Waals surface area contributed by atoms with Gasteiger partial charge in [0.25, 0.3) is 0 Å². The quantitative estimate of drug-likeness (QED) is 0.428. The molecule has 0 amide bonds. The van der Waals surface area contributed by atoms with Crippen molar-refractivity contribution in [2.45, 2.75) is 13.5 Å². The van der Waals surface area contributed by atoms with Crippen LogP contribution in [0.5, 0.6) is 0 Å². The number of esters is 1. The monoisotopic (exact) mass is 260 g/mol. The van der Waals surface area contributed by atoms with Gasteiger partial charge >= 0.3 is 31.3 Å². The van der Waals surface area contributed by atoms with E-state index in [2.05, 4.69) is 19.8 Å². The summed E-state index contributed by atoms with van der Waals surface area (Å²) in [6.45, 7) is 1.12. The van der Waals surface area contributed by atoms with Crippen molar-refractivity contribution in [3.05, 3.63) is 22.6 Å². The van der Waals surface area contributed by atoms with Gasteiger partial charge in [-0.1, -0.05) is 0 Å². The maximum atomic E-state index is 10.2. The van der Waals surface area contributed by atoms with E-state index in [4.69, 9.17) is 0 Å². The van der Waals surface area contributed by atoms with Crippen LogP contribution in [-0.4, -0.2) is 5.97 Å². The molecule has 0 aromatic carbocycles. The van der Waals surface area contributed by atoms with Gasteiger partial charge in [0.2, 0.25) is 0 Å². The average Bonchev–Trinajstić information content (AvgIpc) is 2.31. The fraction of sp³-hybridized carbons (Fsp3) is 0.333. The molecule has 0 saturated carbocycles. The zero-order valence-corrected chi connectivity index (χ0v) is 7.72. The number of rotatable bonds is 2. The molecule has 1 radical (unpaired) electrons. The SMILES string of the molecule is CC(=O)OCc1[c-]oc(=O)o1.[Rh+2]. The minimum Gasteiger partial charge on any atom is -0.584 e. The second-order valence-corrected chi connectivity index (χ2v) is 1.76. The molecule has 0 aliphatic heterocycles. The third kappa shape index (κ3) is 3.48. The van der Waals surface area contributed by atoms with Crippen LogP contribution >= 0.6 is 0 Å². The first-order valence-corrected chi connectivity index (χ1v) is 2.82. The Morgan fingerprint density at radius 1 is 1.67 bits per heavy atom. The van der Waals surface area contributed by atoms with Crippen LogP contribution in [0.4, 0.5) is 0 Å². The third-order valence-corrected chi connectivity index (χ3v) is 0.861. The number of hydrogen-bond donors (Lipinski definition) is 0. The van der Waals surface area contributed by atoms with Gasteiger partial charge in [-0.3, -0.25) is 4.79 Å². The Hall–Kier alpha value is -0.897. The number of ether oxygens (including phenoxy) is 1. The van der Waals surface area contributed by atoms with Gasteiger partial charge in [0.15, 0.2) is 0 Å². The van der Waals surface area contributed by atoms with Gasteiger partial charge in [0.1, 0.15) is 6.61 Å². The molecular formula is C6H5O5Rh+. The summed E-state index contributed by atoms with van der Waals surface area (Å²) in [4.78, 5) is 20.5. The van der Waals surface area contributed by atoms with Crippen LogP contribution in [-0.2, 0) is 35.6 Å². The van der Waals surface area contributed by atoms with E-state index < -0.39 is 11.8 Å². The molecule has 1 heterocycles. The van der Waals surface area contributed by atoms with Crippen molar-refractivity contribution in [3.8, 4) is 0 Å². The molecule has 0 fully saturated rings. The van der Waals surface area contributed by atoms with Crippen molar-refractivity contribution in [1.29, 1.82) is 0 Å². The maximum absolute atomic E-state index is 10.2. The number of carbonyl (C=O) groups is 1. The van der Waals surface area contributed by atoms with E-state index in [1.165, 1.54) is 6.92 Å². The molecule has 0 saturated heterocycles. The molecule has 0 aliphatic rings. The van der Waals surface area contributed by atoms with E-state index in [0.717, 1.165) is 0 Å². The van der Waals surface area contributed by atoms with Crippen LogP contribution < -0.4 is 5.82 Å². The first-order chi connectivity index (χ1) is 5.18. The van der Waals surface area contributed by atoms with Gasteiger partial charge in [-0.05, 0) is 6.26 Å². The zero-order valence-electron chi connectivity index (χ0n) is 6.08. The standard InChI is InChI=1S/C6H5O5.Rh/c1-4(7)9-2-5-3-10-6(8)11-5;/h2H2,1H3;/q-1;+2. The molecular weight excluding hydrogens is 255 g/mol. The summed E-state index contributed by atoms with van der Waals surface area (Å²) in [6.07, 6.45) is 2.13. The number of hydrogen-bond acceptors (Lipinski definition) is 5. The van der Waals surface area contributed by atoms with E-state index in [0.29, 0.717) is 0 Å². The summed E-state index contributed by atoms with van der Waals surface area (Å²) in [7, 11) is 0. The normalized spacial score (nSPS) is 8.75. The Bertz CT molecular complexity index is 299. The maximum Gasteiger partial charge on any atom is 2.00 e. The van der Waals surface area contributed by atoms with Crippen molar-refractivity contribution >= 4 is 5.97 Å². The molecule has 0 bridgehead atoms. The van der Waals surface area contributed by atoms with E-state index in [-0.39, 0.29) is 31.8 Å². The van der Waals surface area contributed by atoms with Crippen LogP contribution in [0, 0.1) is 6.26 Å². The van der Waals surface area contributed by atoms with Crippen LogP contribution in [0.25, 0.3) is 0 Å². The minimum atomic E-state index is -0.854. The molecule has 67 valence electrons. The van der Waals surface area contributed by atoms with Gasteiger partial charge in [0, 0.05) is 6.92 Å². The van der Waals surface area contributed by atoms with Crippen molar-refractivity contribution in [1.82, 2.24) is 0 Å². The van der Waals surface area contributed by atoms with Crippen molar-refractivity contribution in [2.24, 2.45) is 0 Å². The van der Waals surface area contributed by atoms with Gasteiger partial charge in [-0.2, -0.15) is 0 Å². The summed E-state index contributed by atoms with van der Waals surface area (Å²) in [6, 6.07) is 0. The van der Waals surface area contributed by atoms with Gasteiger partial charge < -0.3 is 18.4 Å². The average molecular weight is 260 g/mol. The minimum absolute atomic E-state index is 0. The van der Waals surface area contributed by atoms with Crippen LogP contribution in [0.2, 0.25) is 0 Å². The summed E-state index contributed by atoms with van der Waals surface area (Å²) in [5.41, 5.74) is 0. The second-order valence-electron chi connectivity index (χ2n) is 1.76. The predicted molar refractivity (Wildman–Crippen MR) is 31.5 cm³/mol. The molecule has 0 atom stereocenters. The van der Waals surface area contributed by atoms with E-state index in [1.54, 1.807) is 0 Å². The van der Waals surface area contributed by atoms with E-state index >= 15 is 0 Å². The molecule has 6 heteroatoms. The Labute approximate surface area is 80.4 Å². The predicted octanol–water partition coefficient (Wildman–Crippen LogP) is 0.0936. The molecule has 1 aromatic heterocycles. The molecule has 0 spiro atoms. The second kappa shape index (κ2) is 4.88. The van der Waals surface area contributed by atoms with Crippen LogP contribution in [0.1, 0.15) is 12.7 Å². The van der Waals surface area contributed by atoms with E-state index in [1.807, 2.05) is 0 Å². The number of carbonyl (C=O) groups excluding carboxylic acids is 1. The summed E-state index contributed by atoms with van der Waals surface area (Å²) < 4.78 is 13.0. The van der Waals surface area contributed by atoms with Crippen molar-refractivity contribution < 1.29 is 37.8 Å². The third-order valence-electron chi connectivity index (χ3n) is 0.861. The largest absolute Gasteiger partial charge is 2.00 e. The van der Waals surface area contributed by atoms with Gasteiger partial charge in [-0.25, -0.2) is 0 Å². The topological polar surface area (TPSA) is 69.7 Å². The fourth-order valence-electron chi connectivity index (χ4n) is 0.467. The first-order valence-electron chi connectivity index (χ1n) is 2.82. The van der Waals surface area contributed by atoms with Crippen molar-refractivity contribution in [3.63, 3.8) is 0 Å². The first kappa shape index (κ1) is 11.1. The molecule has 0 aliphatic carbocycles. The molecule has 12 heavy (non-hydrogen) atoms. The molecule has 1 aromatic rings. The Morgan fingerprint density at radius 3 is 2.75 bits per heavy atom. The molecule has 0 unspecified atom stereocenters. The smallest absolute Gasteiger partial charge is 0.584 e. The molecule has 1 rings (SSSR count). The summed E-state index contributed by atoms with van der Waals surface area (Å²) in [5, 5.41) is 0. The molecule has 0 N–H and O–H groups in total. The zero-order chi connectivity index (χ0) is 8.27. The Balaban J connectivity index is 0.00000121. The molecule has 5 nitrogen and oxygen atoms in total. The fourth-order valence-corrected chi connectivity index (χ4v) is 0.467. The summed E-state index contributed by atoms with van der Waals surface area (Å²) in [5.74, 6) is -1.24. The van der Waals surface area contributed by atoms with Gasteiger partial charge in [0.05, 0.1) is 5.76 Å². The Kier molecular flexibility index (Phi) is 4.51.